The van der Waals surface area contributed by atoms with Crippen molar-refractivity contribution >= 4 is 6.03 Å². The Balaban J connectivity index is 2.15. The summed E-state index contributed by atoms with van der Waals surface area (Å²) in [5.74, 6) is 1.37. The van der Waals surface area contributed by atoms with Crippen molar-refractivity contribution < 1.29 is 4.79 Å². The number of rotatable bonds is 2. The van der Waals surface area contributed by atoms with Crippen LogP contribution in [0.3, 0.4) is 0 Å². The molecule has 3 nitrogen and oxygen atoms in total. The monoisotopic (exact) mass is 224 g/mol. The molecule has 2 amide bonds. The Hall–Kier alpha value is -0.730. The minimum absolute atomic E-state index is 0.273. The zero-order chi connectivity index (χ0) is 11.9. The second-order valence-corrected chi connectivity index (χ2v) is 5.60. The number of hydrogen-bond donors (Lipinski definition) is 0. The fourth-order valence-corrected chi connectivity index (χ4v) is 3.44. The predicted octanol–water partition coefficient (Wildman–Crippen LogP) is 2.57. The summed E-state index contributed by atoms with van der Waals surface area (Å²) in [6.07, 6.45) is 2.37. The summed E-state index contributed by atoms with van der Waals surface area (Å²) >= 11 is 0. The van der Waals surface area contributed by atoms with Gasteiger partial charge in [0, 0.05) is 25.2 Å². The van der Waals surface area contributed by atoms with E-state index in [4.69, 9.17) is 0 Å². The lowest BCUT2D eigenvalue weighted by Crippen LogP contribution is -2.54. The molecule has 0 bridgehead atoms. The van der Waals surface area contributed by atoms with Gasteiger partial charge < -0.3 is 9.80 Å². The highest BCUT2D eigenvalue weighted by Gasteiger charge is 2.45. The van der Waals surface area contributed by atoms with Crippen molar-refractivity contribution in [2.75, 3.05) is 13.1 Å². The Morgan fingerprint density at radius 2 is 2.12 bits per heavy atom. The molecule has 3 atom stereocenters. The maximum Gasteiger partial charge on any atom is 0.320 e. The largest absolute Gasteiger partial charge is 0.325 e. The minimum atomic E-state index is 0.273. The molecule has 92 valence electrons. The fourth-order valence-electron chi connectivity index (χ4n) is 3.44. The molecular formula is C13H24N2O. The van der Waals surface area contributed by atoms with E-state index in [0.717, 1.165) is 19.5 Å². The van der Waals surface area contributed by atoms with Gasteiger partial charge in [-0.05, 0) is 38.5 Å². The molecule has 0 spiro atoms. The summed E-state index contributed by atoms with van der Waals surface area (Å²) in [4.78, 5) is 16.4. The van der Waals surface area contributed by atoms with Crippen molar-refractivity contribution in [2.24, 2.45) is 11.8 Å². The van der Waals surface area contributed by atoms with Gasteiger partial charge in [-0.15, -0.1) is 0 Å². The summed E-state index contributed by atoms with van der Waals surface area (Å²) in [7, 11) is 0. The molecule has 3 unspecified atom stereocenters. The van der Waals surface area contributed by atoms with E-state index in [-0.39, 0.29) is 6.03 Å². The van der Waals surface area contributed by atoms with Crippen molar-refractivity contribution in [3.05, 3.63) is 0 Å². The van der Waals surface area contributed by atoms with Crippen molar-refractivity contribution in [2.45, 2.75) is 52.6 Å². The SMILES string of the molecule is CCN1CCC2CC(C(C)C)C(C)N2C1=O. The van der Waals surface area contributed by atoms with Crippen LogP contribution in [0.5, 0.6) is 0 Å². The Kier molecular flexibility index (Phi) is 3.13. The Morgan fingerprint density at radius 1 is 1.44 bits per heavy atom. The molecule has 2 rings (SSSR count). The number of fused-ring (bicyclic) bond motifs is 1. The fraction of sp³-hybridized carbons (Fsp3) is 0.923. The minimum Gasteiger partial charge on any atom is -0.325 e. The Bertz CT molecular complexity index is 277. The first-order valence-corrected chi connectivity index (χ1v) is 6.63. The lowest BCUT2D eigenvalue weighted by atomic mass is 9.88. The van der Waals surface area contributed by atoms with Crippen LogP contribution in [0.4, 0.5) is 4.79 Å². The van der Waals surface area contributed by atoms with Gasteiger partial charge >= 0.3 is 6.03 Å². The maximum atomic E-state index is 12.3. The molecule has 3 heteroatoms. The van der Waals surface area contributed by atoms with E-state index < -0.39 is 0 Å². The summed E-state index contributed by atoms with van der Waals surface area (Å²) in [6, 6.07) is 1.21. The van der Waals surface area contributed by atoms with E-state index in [0.29, 0.717) is 23.9 Å². The zero-order valence-electron chi connectivity index (χ0n) is 10.9. The number of amides is 2. The van der Waals surface area contributed by atoms with Gasteiger partial charge in [0.05, 0.1) is 0 Å². The van der Waals surface area contributed by atoms with Crippen LogP contribution in [0.2, 0.25) is 0 Å². The third-order valence-electron chi connectivity index (χ3n) is 4.46. The molecule has 2 aliphatic heterocycles. The first kappa shape index (κ1) is 11.7. The van der Waals surface area contributed by atoms with Gasteiger partial charge in [0.2, 0.25) is 0 Å². The van der Waals surface area contributed by atoms with Gasteiger partial charge in [0.15, 0.2) is 0 Å². The first-order valence-electron chi connectivity index (χ1n) is 6.63. The molecule has 16 heavy (non-hydrogen) atoms. The van der Waals surface area contributed by atoms with Gasteiger partial charge in [0.25, 0.3) is 0 Å². The second kappa shape index (κ2) is 4.27. The second-order valence-electron chi connectivity index (χ2n) is 5.60. The van der Waals surface area contributed by atoms with E-state index >= 15 is 0 Å². The Labute approximate surface area is 98.8 Å². The number of carbonyl (C=O) groups is 1. The molecule has 0 aromatic carbocycles. The standard InChI is InChI=1S/C13H24N2O/c1-5-14-7-6-11-8-12(9(2)3)10(4)15(11)13(14)16/h9-12H,5-8H2,1-4H3. The first-order chi connectivity index (χ1) is 7.56. The normalized spacial score (nSPS) is 34.8. The van der Waals surface area contributed by atoms with Crippen LogP contribution in [0, 0.1) is 11.8 Å². The molecule has 2 fully saturated rings. The van der Waals surface area contributed by atoms with Gasteiger partial charge in [-0.3, -0.25) is 0 Å². The van der Waals surface area contributed by atoms with E-state index in [1.165, 1.54) is 6.42 Å². The molecule has 0 aromatic heterocycles. The van der Waals surface area contributed by atoms with Gasteiger partial charge in [-0.1, -0.05) is 13.8 Å². The Morgan fingerprint density at radius 3 is 2.69 bits per heavy atom. The summed E-state index contributed by atoms with van der Waals surface area (Å²) in [5, 5.41) is 0. The highest BCUT2D eigenvalue weighted by atomic mass is 16.2. The number of carbonyl (C=O) groups excluding carboxylic acids is 1. The molecule has 0 saturated carbocycles. The molecule has 0 aromatic rings. The molecule has 0 radical (unpaired) electrons. The molecule has 2 heterocycles. The average molecular weight is 224 g/mol. The number of nitrogens with zero attached hydrogens (tertiary/aromatic N) is 2. The van der Waals surface area contributed by atoms with Crippen molar-refractivity contribution in [1.29, 1.82) is 0 Å². The number of urea groups is 1. The van der Waals surface area contributed by atoms with Gasteiger partial charge in [-0.2, -0.15) is 0 Å². The summed E-state index contributed by atoms with van der Waals surface area (Å²) in [6.45, 7) is 10.7. The van der Waals surface area contributed by atoms with Crippen LogP contribution in [-0.2, 0) is 0 Å². The third kappa shape index (κ3) is 1.70. The van der Waals surface area contributed by atoms with E-state index in [1.807, 2.05) is 4.90 Å². The highest BCUT2D eigenvalue weighted by Crippen LogP contribution is 2.38. The molecule has 2 aliphatic rings. The average Bonchev–Trinajstić information content (AvgIpc) is 2.57. The molecule has 2 saturated heterocycles. The van der Waals surface area contributed by atoms with Crippen molar-refractivity contribution in [1.82, 2.24) is 9.80 Å². The van der Waals surface area contributed by atoms with Crippen LogP contribution >= 0.6 is 0 Å². The van der Waals surface area contributed by atoms with Crippen LogP contribution in [0.15, 0.2) is 0 Å². The van der Waals surface area contributed by atoms with Gasteiger partial charge in [0.1, 0.15) is 0 Å². The molecular weight excluding hydrogens is 200 g/mol. The quantitative estimate of drug-likeness (QED) is 0.707. The molecule has 0 N–H and O–H groups in total. The molecule has 0 aliphatic carbocycles. The topological polar surface area (TPSA) is 23.6 Å². The van der Waals surface area contributed by atoms with Gasteiger partial charge in [-0.25, -0.2) is 4.79 Å². The van der Waals surface area contributed by atoms with E-state index in [9.17, 15) is 4.79 Å². The predicted molar refractivity (Wildman–Crippen MR) is 65.3 cm³/mol. The highest BCUT2D eigenvalue weighted by molar-refractivity contribution is 5.76. The lowest BCUT2D eigenvalue weighted by molar-refractivity contribution is 0.101. The summed E-state index contributed by atoms with van der Waals surface area (Å²) < 4.78 is 0. The zero-order valence-corrected chi connectivity index (χ0v) is 10.9. The third-order valence-corrected chi connectivity index (χ3v) is 4.46. The van der Waals surface area contributed by atoms with E-state index in [1.54, 1.807) is 0 Å². The van der Waals surface area contributed by atoms with Crippen LogP contribution < -0.4 is 0 Å². The van der Waals surface area contributed by atoms with Crippen LogP contribution in [0.25, 0.3) is 0 Å². The maximum absolute atomic E-state index is 12.3. The summed E-state index contributed by atoms with van der Waals surface area (Å²) in [5.41, 5.74) is 0. The number of hydrogen-bond acceptors (Lipinski definition) is 1. The smallest absolute Gasteiger partial charge is 0.320 e. The van der Waals surface area contributed by atoms with Crippen molar-refractivity contribution in [3.8, 4) is 0 Å². The van der Waals surface area contributed by atoms with Crippen LogP contribution in [0.1, 0.15) is 40.5 Å². The lowest BCUT2D eigenvalue weighted by Gasteiger charge is -2.39. The van der Waals surface area contributed by atoms with E-state index in [2.05, 4.69) is 32.6 Å². The van der Waals surface area contributed by atoms with Crippen molar-refractivity contribution in [3.63, 3.8) is 0 Å². The van der Waals surface area contributed by atoms with Crippen LogP contribution in [-0.4, -0.2) is 41.0 Å².